The van der Waals surface area contributed by atoms with Crippen molar-refractivity contribution in [2.75, 3.05) is 4.90 Å². The molecule has 1 atom stereocenters. The van der Waals surface area contributed by atoms with Gasteiger partial charge in [-0.25, -0.2) is 4.39 Å². The van der Waals surface area contributed by atoms with Crippen LogP contribution in [0, 0.1) is 12.7 Å². The van der Waals surface area contributed by atoms with Crippen molar-refractivity contribution < 1.29 is 31.6 Å². The first-order valence-corrected chi connectivity index (χ1v) is 12.0. The molecule has 0 saturated heterocycles. The lowest BCUT2D eigenvalue weighted by atomic mass is 10.1. The fourth-order valence-corrected chi connectivity index (χ4v) is 3.95. The lowest BCUT2D eigenvalue weighted by Gasteiger charge is -2.29. The van der Waals surface area contributed by atoms with Crippen LogP contribution in [-0.2, 0) is 22.3 Å². The molecular weight excluding hydrogens is 520 g/mol. The van der Waals surface area contributed by atoms with Gasteiger partial charge < -0.3 is 9.73 Å². The van der Waals surface area contributed by atoms with Crippen LogP contribution in [0.5, 0.6) is 0 Å². The number of tetrazole rings is 1. The molecule has 2 heterocycles. The highest BCUT2D eigenvalue weighted by Gasteiger charge is 2.38. The summed E-state index contributed by atoms with van der Waals surface area (Å²) >= 11 is 0. The minimum atomic E-state index is -4.49. The number of aryl methyl sites for hydroxylation is 1. The third-order valence-corrected chi connectivity index (χ3v) is 6.03. The SMILES string of the molecule is Cc1ccc(C(C(=O)NC2CC2)N(C(=O)Cn2nnc(-c3ccc(C(F)(F)F)cc3)n2)c2ccc(F)cc2)o1. The highest BCUT2D eigenvalue weighted by molar-refractivity contribution is 6.01. The summed E-state index contributed by atoms with van der Waals surface area (Å²) in [6, 6.07) is 11.3. The number of furan rings is 1. The van der Waals surface area contributed by atoms with Gasteiger partial charge in [-0.15, -0.1) is 10.2 Å². The summed E-state index contributed by atoms with van der Waals surface area (Å²) in [5.41, 5.74) is -0.327. The van der Waals surface area contributed by atoms with Gasteiger partial charge in [-0.3, -0.25) is 14.5 Å². The minimum Gasteiger partial charge on any atom is -0.464 e. The van der Waals surface area contributed by atoms with Crippen LogP contribution >= 0.6 is 0 Å². The topological polar surface area (TPSA) is 106 Å². The van der Waals surface area contributed by atoms with Crippen molar-refractivity contribution in [3.05, 3.63) is 83.6 Å². The number of nitrogens with zero attached hydrogens (tertiary/aromatic N) is 5. The number of hydrogen-bond donors (Lipinski definition) is 1. The zero-order valence-corrected chi connectivity index (χ0v) is 20.5. The van der Waals surface area contributed by atoms with Gasteiger partial charge in [0.2, 0.25) is 5.82 Å². The summed E-state index contributed by atoms with van der Waals surface area (Å²) in [7, 11) is 0. The van der Waals surface area contributed by atoms with Crippen molar-refractivity contribution >= 4 is 17.5 Å². The zero-order valence-electron chi connectivity index (χ0n) is 20.5. The number of benzene rings is 2. The number of alkyl halides is 3. The molecule has 1 fully saturated rings. The van der Waals surface area contributed by atoms with Crippen molar-refractivity contribution in [3.8, 4) is 11.4 Å². The third kappa shape index (κ3) is 5.97. The second-order valence-corrected chi connectivity index (χ2v) is 9.09. The van der Waals surface area contributed by atoms with Gasteiger partial charge in [-0.1, -0.05) is 12.1 Å². The van der Waals surface area contributed by atoms with Gasteiger partial charge in [0.25, 0.3) is 11.8 Å². The van der Waals surface area contributed by atoms with Gasteiger partial charge in [-0.2, -0.15) is 18.0 Å². The molecule has 39 heavy (non-hydrogen) atoms. The maximum atomic E-state index is 13.7. The van der Waals surface area contributed by atoms with E-state index >= 15 is 0 Å². The average Bonchev–Trinajstić information content (AvgIpc) is 3.40. The van der Waals surface area contributed by atoms with E-state index in [4.69, 9.17) is 4.42 Å². The Bertz CT molecular complexity index is 1480. The maximum absolute atomic E-state index is 13.7. The number of anilines is 1. The van der Waals surface area contributed by atoms with Crippen LogP contribution in [0.1, 0.15) is 36.0 Å². The standard InChI is InChI=1S/C26H22F4N6O3/c1-15-2-13-21(39-15)23(25(38)31-19-9-10-19)36(20-11-7-18(27)8-12-20)22(37)14-35-33-24(32-34-35)16-3-5-17(6-4-16)26(28,29)30/h2-8,11-13,19,23H,9-10,14H2,1H3,(H,31,38). The number of hydrogen-bond acceptors (Lipinski definition) is 6. The van der Waals surface area contributed by atoms with Crippen molar-refractivity contribution in [3.63, 3.8) is 0 Å². The summed E-state index contributed by atoms with van der Waals surface area (Å²) in [6.45, 7) is 1.23. The molecule has 13 heteroatoms. The van der Waals surface area contributed by atoms with Crippen LogP contribution in [0.4, 0.5) is 23.2 Å². The molecule has 2 aromatic carbocycles. The van der Waals surface area contributed by atoms with E-state index in [1.165, 1.54) is 29.2 Å². The van der Waals surface area contributed by atoms with Crippen LogP contribution in [0.2, 0.25) is 0 Å². The predicted octanol–water partition coefficient (Wildman–Crippen LogP) is 4.45. The molecular formula is C26H22F4N6O3. The Morgan fingerprint density at radius 1 is 1.08 bits per heavy atom. The Morgan fingerprint density at radius 2 is 1.77 bits per heavy atom. The first kappa shape index (κ1) is 26.1. The monoisotopic (exact) mass is 542 g/mol. The molecule has 0 spiro atoms. The number of amides is 2. The van der Waals surface area contributed by atoms with E-state index in [2.05, 4.69) is 20.7 Å². The van der Waals surface area contributed by atoms with E-state index in [0.29, 0.717) is 5.76 Å². The summed E-state index contributed by atoms with van der Waals surface area (Å²) < 4.78 is 58.1. The Kier molecular flexibility index (Phi) is 6.89. The molecule has 1 aliphatic carbocycles. The fourth-order valence-electron chi connectivity index (χ4n) is 3.95. The molecule has 1 aliphatic rings. The number of rotatable bonds is 8. The molecule has 0 radical (unpaired) electrons. The molecule has 5 rings (SSSR count). The van der Waals surface area contributed by atoms with Crippen molar-refractivity contribution in [2.45, 2.75) is 44.6 Å². The Hall–Kier alpha value is -4.55. The van der Waals surface area contributed by atoms with Gasteiger partial charge in [0, 0.05) is 17.3 Å². The van der Waals surface area contributed by atoms with Gasteiger partial charge in [-0.05, 0) is 73.5 Å². The molecule has 2 amide bonds. The van der Waals surface area contributed by atoms with E-state index in [1.54, 1.807) is 19.1 Å². The maximum Gasteiger partial charge on any atom is 0.416 e. The summed E-state index contributed by atoms with van der Waals surface area (Å²) in [6.07, 6.45) is -2.86. The first-order valence-electron chi connectivity index (χ1n) is 12.0. The number of aromatic nitrogens is 4. The van der Waals surface area contributed by atoms with Crippen LogP contribution in [0.25, 0.3) is 11.4 Å². The van der Waals surface area contributed by atoms with Crippen molar-refractivity contribution in [2.24, 2.45) is 0 Å². The van der Waals surface area contributed by atoms with E-state index in [9.17, 15) is 27.2 Å². The summed E-state index contributed by atoms with van der Waals surface area (Å²) in [5.74, 6) is -0.891. The average molecular weight is 542 g/mol. The second kappa shape index (κ2) is 10.3. The van der Waals surface area contributed by atoms with Crippen LogP contribution in [-0.4, -0.2) is 38.1 Å². The minimum absolute atomic E-state index is 0.00884. The lowest BCUT2D eigenvalue weighted by molar-refractivity contribution is -0.137. The quantitative estimate of drug-likeness (QED) is 0.330. The van der Waals surface area contributed by atoms with Crippen molar-refractivity contribution in [1.82, 2.24) is 25.5 Å². The lowest BCUT2D eigenvalue weighted by Crippen LogP contribution is -2.45. The summed E-state index contributed by atoms with van der Waals surface area (Å²) in [5, 5.41) is 14.7. The van der Waals surface area contributed by atoms with E-state index in [-0.39, 0.29) is 28.9 Å². The van der Waals surface area contributed by atoms with Gasteiger partial charge >= 0.3 is 6.18 Å². The third-order valence-electron chi connectivity index (χ3n) is 6.03. The highest BCUT2D eigenvalue weighted by Crippen LogP contribution is 2.32. The molecule has 1 saturated carbocycles. The van der Waals surface area contributed by atoms with Crippen LogP contribution in [0.3, 0.4) is 0 Å². The fraction of sp³-hybridized carbons (Fsp3) is 0.269. The Balaban J connectivity index is 1.45. The molecule has 0 bridgehead atoms. The second-order valence-electron chi connectivity index (χ2n) is 9.09. The number of nitrogens with one attached hydrogen (secondary N) is 1. The number of halogens is 4. The molecule has 1 N–H and O–H groups in total. The van der Waals surface area contributed by atoms with Crippen molar-refractivity contribution in [1.29, 1.82) is 0 Å². The van der Waals surface area contributed by atoms with Crippen LogP contribution < -0.4 is 10.2 Å². The van der Waals surface area contributed by atoms with Gasteiger partial charge in [0.15, 0.2) is 6.04 Å². The Labute approximate surface area is 219 Å². The molecule has 0 aliphatic heterocycles. The smallest absolute Gasteiger partial charge is 0.416 e. The molecule has 9 nitrogen and oxygen atoms in total. The highest BCUT2D eigenvalue weighted by atomic mass is 19.4. The summed E-state index contributed by atoms with van der Waals surface area (Å²) in [4.78, 5) is 29.2. The molecule has 1 unspecified atom stereocenters. The predicted molar refractivity (Wildman–Crippen MR) is 129 cm³/mol. The largest absolute Gasteiger partial charge is 0.464 e. The molecule has 202 valence electrons. The molecule has 4 aromatic rings. The van der Waals surface area contributed by atoms with Crippen LogP contribution in [0.15, 0.2) is 65.1 Å². The van der Waals surface area contributed by atoms with Gasteiger partial charge in [0.05, 0.1) is 5.56 Å². The normalized spacial score (nSPS) is 14.2. The van der Waals surface area contributed by atoms with E-state index in [0.717, 1.165) is 41.9 Å². The zero-order chi connectivity index (χ0) is 27.7. The van der Waals surface area contributed by atoms with E-state index < -0.39 is 42.0 Å². The Morgan fingerprint density at radius 3 is 2.36 bits per heavy atom. The van der Waals surface area contributed by atoms with E-state index in [1.807, 2.05) is 0 Å². The van der Waals surface area contributed by atoms with Gasteiger partial charge in [0.1, 0.15) is 23.9 Å². The number of carbonyl (C=O) groups excluding carboxylic acids is 2. The molecule has 2 aromatic heterocycles. The number of carbonyl (C=O) groups is 2. The first-order chi connectivity index (χ1) is 18.6.